The molecule has 1 fully saturated rings. The van der Waals surface area contributed by atoms with E-state index in [1.165, 1.54) is 12.3 Å². The van der Waals surface area contributed by atoms with Gasteiger partial charge in [0.05, 0.1) is 18.4 Å². The zero-order valence-electron chi connectivity index (χ0n) is 12.0. The Morgan fingerprint density at radius 2 is 2.25 bits per heavy atom. The molecule has 7 nitrogen and oxygen atoms in total. The van der Waals surface area contributed by atoms with Gasteiger partial charge in [0.25, 0.3) is 0 Å². The van der Waals surface area contributed by atoms with Crippen LogP contribution in [0.1, 0.15) is 20.8 Å². The summed E-state index contributed by atoms with van der Waals surface area (Å²) >= 11 is 0. The lowest BCUT2D eigenvalue weighted by Crippen LogP contribution is -2.47. The van der Waals surface area contributed by atoms with Gasteiger partial charge < -0.3 is 24.9 Å². The van der Waals surface area contributed by atoms with Gasteiger partial charge in [0.1, 0.15) is 6.10 Å². The van der Waals surface area contributed by atoms with Gasteiger partial charge in [-0.3, -0.25) is 0 Å². The summed E-state index contributed by atoms with van der Waals surface area (Å²) in [5.74, 6) is -0.168. The third-order valence-corrected chi connectivity index (χ3v) is 2.92. The van der Waals surface area contributed by atoms with Crippen molar-refractivity contribution in [2.24, 2.45) is 0 Å². The van der Waals surface area contributed by atoms with Gasteiger partial charge in [-0.05, 0) is 22.9 Å². The Labute approximate surface area is 118 Å². The fraction of sp³-hybridized carbons (Fsp3) is 0.615. The summed E-state index contributed by atoms with van der Waals surface area (Å²) < 4.78 is 5.43. The van der Waals surface area contributed by atoms with Gasteiger partial charge in [-0.1, -0.05) is 13.8 Å². The highest BCUT2D eigenvalue weighted by Gasteiger charge is 2.25. The first-order valence-electron chi connectivity index (χ1n) is 6.73. The third kappa shape index (κ3) is 4.14. The summed E-state index contributed by atoms with van der Waals surface area (Å²) in [6.45, 7) is 7.44. The quantitative estimate of drug-likeness (QED) is 0.669. The van der Waals surface area contributed by atoms with Crippen LogP contribution in [0.25, 0.3) is 0 Å². The van der Waals surface area contributed by atoms with Crippen LogP contribution in [-0.2, 0) is 4.74 Å². The van der Waals surface area contributed by atoms with Crippen molar-refractivity contribution in [2.45, 2.75) is 33.0 Å². The highest BCUT2D eigenvalue weighted by Crippen LogP contribution is 2.20. The normalized spacial score (nSPS) is 19.8. The van der Waals surface area contributed by atoms with E-state index in [1.54, 1.807) is 13.0 Å². The SMILES string of the molecule is CC.CC(O)C1CN(c2ccc([N+](=O)[O-])nc2)CCO1. The van der Waals surface area contributed by atoms with Crippen molar-refractivity contribution < 1.29 is 14.8 Å². The summed E-state index contributed by atoms with van der Waals surface area (Å²) in [4.78, 5) is 15.8. The van der Waals surface area contributed by atoms with Crippen LogP contribution >= 0.6 is 0 Å². The lowest BCUT2D eigenvalue weighted by Gasteiger charge is -2.35. The van der Waals surface area contributed by atoms with Crippen molar-refractivity contribution in [3.63, 3.8) is 0 Å². The number of aromatic nitrogens is 1. The van der Waals surface area contributed by atoms with Gasteiger partial charge in [-0.2, -0.15) is 0 Å². The zero-order valence-corrected chi connectivity index (χ0v) is 12.0. The van der Waals surface area contributed by atoms with Crippen molar-refractivity contribution in [1.29, 1.82) is 0 Å². The smallest absolute Gasteiger partial charge is 0.363 e. The third-order valence-electron chi connectivity index (χ3n) is 2.92. The average Bonchev–Trinajstić information content (AvgIpc) is 2.49. The van der Waals surface area contributed by atoms with Crippen LogP contribution in [0.4, 0.5) is 11.5 Å². The number of nitro groups is 1. The molecule has 2 heterocycles. The molecular weight excluding hydrogens is 262 g/mol. The maximum absolute atomic E-state index is 10.5. The number of ether oxygens (including phenoxy) is 1. The second-order valence-electron chi connectivity index (χ2n) is 4.23. The number of nitrogens with zero attached hydrogens (tertiary/aromatic N) is 3. The molecule has 20 heavy (non-hydrogen) atoms. The number of morpholine rings is 1. The number of hydrogen-bond acceptors (Lipinski definition) is 6. The molecule has 2 rings (SSSR count). The van der Waals surface area contributed by atoms with E-state index in [9.17, 15) is 15.2 Å². The lowest BCUT2D eigenvalue weighted by atomic mass is 10.2. The van der Waals surface area contributed by atoms with Gasteiger partial charge in [-0.15, -0.1) is 0 Å². The average molecular weight is 283 g/mol. The van der Waals surface area contributed by atoms with Gasteiger partial charge in [0, 0.05) is 19.2 Å². The minimum absolute atomic E-state index is 0.168. The highest BCUT2D eigenvalue weighted by atomic mass is 16.6. The molecule has 0 aromatic carbocycles. The van der Waals surface area contributed by atoms with E-state index in [-0.39, 0.29) is 11.9 Å². The number of rotatable bonds is 3. The number of hydrogen-bond donors (Lipinski definition) is 1. The molecule has 0 spiro atoms. The first-order valence-corrected chi connectivity index (χ1v) is 6.73. The standard InChI is InChI=1S/C11H15N3O4.C2H6/c1-8(15)10-7-13(4-5-18-10)9-2-3-11(12-6-9)14(16)17;1-2/h2-3,6,8,10,15H,4-5,7H2,1H3;1-2H3. The number of anilines is 1. The Hall–Kier alpha value is -1.73. The molecule has 0 bridgehead atoms. The maximum atomic E-state index is 10.5. The molecule has 0 amide bonds. The van der Waals surface area contributed by atoms with Crippen LogP contribution < -0.4 is 4.90 Å². The van der Waals surface area contributed by atoms with Gasteiger partial charge in [0.15, 0.2) is 6.20 Å². The van der Waals surface area contributed by atoms with E-state index in [1.807, 2.05) is 18.7 Å². The monoisotopic (exact) mass is 283 g/mol. The Balaban J connectivity index is 0.000000956. The number of aliphatic hydroxyl groups excluding tert-OH is 1. The fourth-order valence-corrected chi connectivity index (χ4v) is 1.88. The Bertz CT molecular complexity index is 422. The molecule has 2 unspecified atom stereocenters. The molecule has 7 heteroatoms. The van der Waals surface area contributed by atoms with Gasteiger partial charge in [0.2, 0.25) is 0 Å². The lowest BCUT2D eigenvalue weighted by molar-refractivity contribution is -0.389. The van der Waals surface area contributed by atoms with Gasteiger partial charge >= 0.3 is 5.82 Å². The molecule has 0 radical (unpaired) electrons. The number of pyridine rings is 1. The van der Waals surface area contributed by atoms with Crippen LogP contribution in [0.2, 0.25) is 0 Å². The zero-order chi connectivity index (χ0) is 15.1. The molecule has 0 saturated carbocycles. The molecular formula is C13H21N3O4. The molecule has 112 valence electrons. The van der Waals surface area contributed by atoms with Crippen molar-refractivity contribution in [3.05, 3.63) is 28.4 Å². The molecule has 1 aromatic rings. The largest absolute Gasteiger partial charge is 0.391 e. The topological polar surface area (TPSA) is 88.7 Å². The Kier molecular flexibility index (Phi) is 6.33. The van der Waals surface area contributed by atoms with Crippen LogP contribution in [0.15, 0.2) is 18.3 Å². The van der Waals surface area contributed by atoms with Crippen LogP contribution in [0.3, 0.4) is 0 Å². The molecule has 1 aliphatic heterocycles. The summed E-state index contributed by atoms with van der Waals surface area (Å²) in [7, 11) is 0. The predicted octanol–water partition coefficient (Wildman–Crippen LogP) is 1.60. The molecule has 1 aromatic heterocycles. The van der Waals surface area contributed by atoms with Crippen molar-refractivity contribution in [2.75, 3.05) is 24.6 Å². The highest BCUT2D eigenvalue weighted by molar-refractivity contribution is 5.47. The van der Waals surface area contributed by atoms with E-state index < -0.39 is 11.0 Å². The fourth-order valence-electron chi connectivity index (χ4n) is 1.88. The van der Waals surface area contributed by atoms with Crippen LogP contribution in [0, 0.1) is 10.1 Å². The Morgan fingerprint density at radius 1 is 1.55 bits per heavy atom. The summed E-state index contributed by atoms with van der Waals surface area (Å²) in [5, 5.41) is 20.0. The molecule has 0 aliphatic carbocycles. The van der Waals surface area contributed by atoms with E-state index in [4.69, 9.17) is 4.74 Å². The summed E-state index contributed by atoms with van der Waals surface area (Å²) in [5.41, 5.74) is 0.801. The maximum Gasteiger partial charge on any atom is 0.363 e. The van der Waals surface area contributed by atoms with E-state index in [0.29, 0.717) is 19.7 Å². The van der Waals surface area contributed by atoms with E-state index in [0.717, 1.165) is 5.69 Å². The minimum atomic E-state index is -0.543. The molecule has 2 atom stereocenters. The first-order chi connectivity index (χ1) is 9.58. The van der Waals surface area contributed by atoms with Crippen molar-refractivity contribution in [3.8, 4) is 0 Å². The van der Waals surface area contributed by atoms with Crippen LogP contribution in [-0.4, -0.2) is 46.9 Å². The molecule has 1 saturated heterocycles. The second-order valence-corrected chi connectivity index (χ2v) is 4.23. The minimum Gasteiger partial charge on any atom is -0.391 e. The van der Waals surface area contributed by atoms with Gasteiger partial charge in [-0.25, -0.2) is 0 Å². The molecule has 1 N–H and O–H groups in total. The first kappa shape index (κ1) is 16.3. The second kappa shape index (κ2) is 7.76. The van der Waals surface area contributed by atoms with Crippen molar-refractivity contribution >= 4 is 11.5 Å². The number of aliphatic hydroxyl groups is 1. The van der Waals surface area contributed by atoms with E-state index in [2.05, 4.69) is 4.98 Å². The van der Waals surface area contributed by atoms with Crippen LogP contribution in [0.5, 0.6) is 0 Å². The summed E-state index contributed by atoms with van der Waals surface area (Å²) in [6.07, 6.45) is 0.690. The summed E-state index contributed by atoms with van der Waals surface area (Å²) in [6, 6.07) is 3.04. The molecule has 1 aliphatic rings. The predicted molar refractivity (Wildman–Crippen MR) is 75.9 cm³/mol. The van der Waals surface area contributed by atoms with E-state index >= 15 is 0 Å². The Morgan fingerprint density at radius 3 is 2.75 bits per heavy atom. The van der Waals surface area contributed by atoms with Crippen molar-refractivity contribution in [1.82, 2.24) is 4.98 Å².